The van der Waals surface area contributed by atoms with Gasteiger partial charge < -0.3 is 10.6 Å². The highest BCUT2D eigenvalue weighted by atomic mass is 16.1. The van der Waals surface area contributed by atoms with Gasteiger partial charge in [-0.2, -0.15) is 5.26 Å². The van der Waals surface area contributed by atoms with E-state index in [1.165, 1.54) is 6.42 Å². The number of carbonyl (C=O) groups excluding carboxylic acids is 1. The lowest BCUT2D eigenvalue weighted by atomic mass is 9.88. The van der Waals surface area contributed by atoms with E-state index in [1.807, 2.05) is 36.4 Å². The SMILES string of the molecule is N#Cc1cccc(Nc2ccc(NC(=O)C3CCCCC3)cc2)c1. The number of benzene rings is 2. The Bertz CT molecular complexity index is 740. The Kier molecular flexibility index (Phi) is 5.12. The third kappa shape index (κ3) is 4.14. The molecule has 0 saturated heterocycles. The number of amides is 1. The molecular formula is C20H21N3O. The average Bonchev–Trinajstić information content (AvgIpc) is 2.64. The van der Waals surface area contributed by atoms with Crippen LogP contribution in [0.2, 0.25) is 0 Å². The normalized spacial score (nSPS) is 14.6. The molecule has 24 heavy (non-hydrogen) atoms. The molecule has 2 N–H and O–H groups in total. The standard InChI is InChI=1S/C20H21N3O/c21-14-15-5-4-8-19(13-15)22-17-9-11-18(12-10-17)23-20(24)16-6-2-1-3-7-16/h4-5,8-13,16,22H,1-3,6-7H2,(H,23,24). The minimum absolute atomic E-state index is 0.136. The van der Waals surface area contributed by atoms with E-state index in [9.17, 15) is 4.79 Å². The zero-order chi connectivity index (χ0) is 16.8. The van der Waals surface area contributed by atoms with Crippen LogP contribution in [0, 0.1) is 17.2 Å². The van der Waals surface area contributed by atoms with E-state index in [1.54, 1.807) is 12.1 Å². The zero-order valence-electron chi connectivity index (χ0n) is 13.6. The Balaban J connectivity index is 1.60. The molecule has 1 fully saturated rings. The van der Waals surface area contributed by atoms with E-state index < -0.39 is 0 Å². The predicted molar refractivity (Wildman–Crippen MR) is 96.1 cm³/mol. The van der Waals surface area contributed by atoms with E-state index in [-0.39, 0.29) is 11.8 Å². The third-order valence-corrected chi connectivity index (χ3v) is 4.41. The molecule has 1 aliphatic carbocycles. The van der Waals surface area contributed by atoms with Crippen LogP contribution in [0.15, 0.2) is 48.5 Å². The third-order valence-electron chi connectivity index (χ3n) is 4.41. The molecule has 4 heteroatoms. The van der Waals surface area contributed by atoms with Crippen molar-refractivity contribution in [3.8, 4) is 6.07 Å². The molecule has 0 spiro atoms. The minimum atomic E-state index is 0.136. The van der Waals surface area contributed by atoms with Crippen LogP contribution in [0.3, 0.4) is 0 Å². The average molecular weight is 319 g/mol. The van der Waals surface area contributed by atoms with Crippen molar-refractivity contribution in [2.45, 2.75) is 32.1 Å². The molecule has 1 aliphatic rings. The first-order chi connectivity index (χ1) is 11.7. The number of anilines is 3. The van der Waals surface area contributed by atoms with Gasteiger partial charge in [-0.3, -0.25) is 4.79 Å². The lowest BCUT2D eigenvalue weighted by Crippen LogP contribution is -2.24. The summed E-state index contributed by atoms with van der Waals surface area (Å²) in [5.41, 5.74) is 3.23. The highest BCUT2D eigenvalue weighted by molar-refractivity contribution is 5.92. The second kappa shape index (κ2) is 7.65. The summed E-state index contributed by atoms with van der Waals surface area (Å²) in [6.07, 6.45) is 5.56. The van der Waals surface area contributed by atoms with Crippen LogP contribution in [0.25, 0.3) is 0 Å². The van der Waals surface area contributed by atoms with Crippen LogP contribution in [0.1, 0.15) is 37.7 Å². The number of carbonyl (C=O) groups is 1. The summed E-state index contributed by atoms with van der Waals surface area (Å²) in [6.45, 7) is 0. The molecule has 2 aromatic carbocycles. The van der Waals surface area contributed by atoms with Crippen LogP contribution in [-0.2, 0) is 4.79 Å². The summed E-state index contributed by atoms with van der Waals surface area (Å²) >= 11 is 0. The maximum atomic E-state index is 12.3. The van der Waals surface area contributed by atoms with E-state index in [4.69, 9.17) is 5.26 Å². The molecule has 0 radical (unpaired) electrons. The molecule has 0 bridgehead atoms. The summed E-state index contributed by atoms with van der Waals surface area (Å²) in [7, 11) is 0. The second-order valence-electron chi connectivity index (χ2n) is 6.22. The fourth-order valence-corrected chi connectivity index (χ4v) is 3.08. The van der Waals surface area contributed by atoms with Gasteiger partial charge in [-0.05, 0) is 55.3 Å². The van der Waals surface area contributed by atoms with Gasteiger partial charge in [0, 0.05) is 23.0 Å². The number of nitriles is 1. The van der Waals surface area contributed by atoms with Gasteiger partial charge in [0.2, 0.25) is 5.91 Å². The molecule has 4 nitrogen and oxygen atoms in total. The van der Waals surface area contributed by atoms with Gasteiger partial charge in [-0.1, -0.05) is 25.3 Å². The summed E-state index contributed by atoms with van der Waals surface area (Å²) in [4.78, 5) is 12.3. The van der Waals surface area contributed by atoms with E-state index in [2.05, 4.69) is 16.7 Å². The molecular weight excluding hydrogens is 298 g/mol. The van der Waals surface area contributed by atoms with Crippen molar-refractivity contribution in [3.05, 3.63) is 54.1 Å². The van der Waals surface area contributed by atoms with Crippen molar-refractivity contribution in [3.63, 3.8) is 0 Å². The lowest BCUT2D eigenvalue weighted by molar-refractivity contribution is -0.120. The van der Waals surface area contributed by atoms with Gasteiger partial charge in [0.1, 0.15) is 0 Å². The Labute approximate surface area is 142 Å². The van der Waals surface area contributed by atoms with Crippen LogP contribution < -0.4 is 10.6 Å². The Morgan fingerprint density at radius 1 is 0.958 bits per heavy atom. The van der Waals surface area contributed by atoms with Crippen molar-refractivity contribution in [1.29, 1.82) is 5.26 Å². The van der Waals surface area contributed by atoms with Gasteiger partial charge in [0.15, 0.2) is 0 Å². The Morgan fingerprint density at radius 3 is 2.38 bits per heavy atom. The smallest absolute Gasteiger partial charge is 0.227 e. The van der Waals surface area contributed by atoms with Crippen LogP contribution >= 0.6 is 0 Å². The molecule has 0 unspecified atom stereocenters. The summed E-state index contributed by atoms with van der Waals surface area (Å²) in [5.74, 6) is 0.294. The van der Waals surface area contributed by atoms with Gasteiger partial charge >= 0.3 is 0 Å². The highest BCUT2D eigenvalue weighted by Crippen LogP contribution is 2.25. The summed E-state index contributed by atoms with van der Waals surface area (Å²) in [5, 5.41) is 15.2. The quantitative estimate of drug-likeness (QED) is 0.849. The Morgan fingerprint density at radius 2 is 1.67 bits per heavy atom. The van der Waals surface area contributed by atoms with Gasteiger partial charge in [0.25, 0.3) is 0 Å². The highest BCUT2D eigenvalue weighted by Gasteiger charge is 2.20. The minimum Gasteiger partial charge on any atom is -0.355 e. The first kappa shape index (κ1) is 16.1. The van der Waals surface area contributed by atoms with E-state index in [0.29, 0.717) is 5.56 Å². The maximum Gasteiger partial charge on any atom is 0.227 e. The molecule has 0 heterocycles. The van der Waals surface area contributed by atoms with Gasteiger partial charge in [-0.25, -0.2) is 0 Å². The zero-order valence-corrected chi connectivity index (χ0v) is 13.6. The van der Waals surface area contributed by atoms with Crippen molar-refractivity contribution < 1.29 is 4.79 Å². The fourth-order valence-electron chi connectivity index (χ4n) is 3.08. The molecule has 1 amide bonds. The molecule has 1 saturated carbocycles. The first-order valence-corrected chi connectivity index (χ1v) is 8.43. The number of nitrogens with one attached hydrogen (secondary N) is 2. The summed E-state index contributed by atoms with van der Waals surface area (Å²) < 4.78 is 0. The number of hydrogen-bond donors (Lipinski definition) is 2. The molecule has 2 aromatic rings. The second-order valence-corrected chi connectivity index (χ2v) is 6.22. The van der Waals surface area contributed by atoms with Crippen molar-refractivity contribution in [2.75, 3.05) is 10.6 Å². The van der Waals surface area contributed by atoms with Gasteiger partial charge in [0.05, 0.1) is 11.6 Å². The number of nitrogens with zero attached hydrogens (tertiary/aromatic N) is 1. The van der Waals surface area contributed by atoms with E-state index in [0.717, 1.165) is 42.7 Å². The summed E-state index contributed by atoms with van der Waals surface area (Å²) in [6, 6.07) is 17.1. The monoisotopic (exact) mass is 319 g/mol. The first-order valence-electron chi connectivity index (χ1n) is 8.43. The van der Waals surface area contributed by atoms with Crippen LogP contribution in [0.4, 0.5) is 17.1 Å². The molecule has 0 atom stereocenters. The maximum absolute atomic E-state index is 12.3. The van der Waals surface area contributed by atoms with Crippen LogP contribution in [-0.4, -0.2) is 5.91 Å². The van der Waals surface area contributed by atoms with Gasteiger partial charge in [-0.15, -0.1) is 0 Å². The van der Waals surface area contributed by atoms with Crippen LogP contribution in [0.5, 0.6) is 0 Å². The topological polar surface area (TPSA) is 64.9 Å². The Hall–Kier alpha value is -2.80. The molecule has 0 aliphatic heterocycles. The lowest BCUT2D eigenvalue weighted by Gasteiger charge is -2.20. The van der Waals surface area contributed by atoms with Crippen molar-refractivity contribution in [2.24, 2.45) is 5.92 Å². The predicted octanol–water partition coefficient (Wildman–Crippen LogP) is 4.82. The van der Waals surface area contributed by atoms with Crippen molar-refractivity contribution >= 4 is 23.0 Å². The number of rotatable bonds is 4. The number of hydrogen-bond acceptors (Lipinski definition) is 3. The molecule has 122 valence electrons. The van der Waals surface area contributed by atoms with E-state index >= 15 is 0 Å². The fraction of sp³-hybridized carbons (Fsp3) is 0.300. The largest absolute Gasteiger partial charge is 0.355 e. The molecule has 3 rings (SSSR count). The molecule has 0 aromatic heterocycles. The van der Waals surface area contributed by atoms with Crippen molar-refractivity contribution in [1.82, 2.24) is 0 Å².